The summed E-state index contributed by atoms with van der Waals surface area (Å²) in [6.07, 6.45) is 1.65. The van der Waals surface area contributed by atoms with Crippen LogP contribution in [-0.2, 0) is 9.09 Å². The van der Waals surface area contributed by atoms with Crippen molar-refractivity contribution in [2.24, 2.45) is 0 Å². The number of phenolic OH excluding ortho intramolecular Hbond substituents is 2. The van der Waals surface area contributed by atoms with E-state index in [2.05, 4.69) is 0 Å². The fourth-order valence-corrected chi connectivity index (χ4v) is 2.26. The van der Waals surface area contributed by atoms with Crippen molar-refractivity contribution < 1.29 is 28.7 Å². The zero-order valence-electron chi connectivity index (χ0n) is 12.8. The van der Waals surface area contributed by atoms with Crippen molar-refractivity contribution in [3.8, 4) is 17.2 Å². The maximum Gasteiger partial charge on any atom is 0.527 e. The molecule has 6 nitrogen and oxygen atoms in total. The van der Waals surface area contributed by atoms with E-state index in [1.165, 1.54) is 18.2 Å². The summed E-state index contributed by atoms with van der Waals surface area (Å²) in [6, 6.07) is 14.3. The van der Waals surface area contributed by atoms with Gasteiger partial charge in [-0.3, -0.25) is 9.42 Å². The number of phosphoric acid groups is 1. The van der Waals surface area contributed by atoms with E-state index in [1.807, 2.05) is 6.92 Å². The third kappa shape index (κ3) is 8.88. The van der Waals surface area contributed by atoms with Crippen LogP contribution in [0.1, 0.15) is 19.8 Å². The van der Waals surface area contributed by atoms with Crippen molar-refractivity contribution in [3.63, 3.8) is 0 Å². The Morgan fingerprint density at radius 1 is 1.00 bits per heavy atom. The van der Waals surface area contributed by atoms with Gasteiger partial charge in [0.05, 0.1) is 6.61 Å². The summed E-state index contributed by atoms with van der Waals surface area (Å²) < 4.78 is 21.0. The fraction of sp³-hybridized carbons (Fsp3) is 0.250. The lowest BCUT2D eigenvalue weighted by Crippen LogP contribution is -1.98. The van der Waals surface area contributed by atoms with Crippen LogP contribution in [0.5, 0.6) is 17.2 Å². The first-order chi connectivity index (χ1) is 10.9. The lowest BCUT2D eigenvalue weighted by Gasteiger charge is -2.12. The van der Waals surface area contributed by atoms with E-state index in [0.29, 0.717) is 5.75 Å². The molecule has 0 radical (unpaired) electrons. The van der Waals surface area contributed by atoms with Crippen molar-refractivity contribution in [2.75, 3.05) is 6.61 Å². The van der Waals surface area contributed by atoms with Gasteiger partial charge in [-0.2, -0.15) is 0 Å². The highest BCUT2D eigenvalue weighted by molar-refractivity contribution is 7.47. The highest BCUT2D eigenvalue weighted by Gasteiger charge is 2.22. The minimum atomic E-state index is -3.94. The summed E-state index contributed by atoms with van der Waals surface area (Å²) in [5.41, 5.74) is 0. The molecular formula is C16H21O6P. The van der Waals surface area contributed by atoms with Gasteiger partial charge in [0.2, 0.25) is 0 Å². The maximum absolute atomic E-state index is 11.4. The second-order valence-corrected chi connectivity index (χ2v) is 5.96. The van der Waals surface area contributed by atoms with Crippen LogP contribution in [0.4, 0.5) is 0 Å². The smallest absolute Gasteiger partial charge is 0.508 e. The quantitative estimate of drug-likeness (QED) is 0.542. The number of unbranched alkanes of at least 4 members (excludes halogenated alkanes) is 1. The molecule has 0 saturated heterocycles. The second-order valence-electron chi connectivity index (χ2n) is 4.58. The zero-order chi connectivity index (χ0) is 17.1. The van der Waals surface area contributed by atoms with Crippen LogP contribution in [0, 0.1) is 0 Å². The molecule has 0 bridgehead atoms. The number of hydrogen-bond acceptors (Lipinski definition) is 5. The molecule has 2 aromatic carbocycles. The van der Waals surface area contributed by atoms with Gasteiger partial charge >= 0.3 is 7.82 Å². The number of phosphoric ester groups is 1. The Labute approximate surface area is 135 Å². The van der Waals surface area contributed by atoms with E-state index >= 15 is 0 Å². The van der Waals surface area contributed by atoms with Gasteiger partial charge in [-0.05, 0) is 30.7 Å². The summed E-state index contributed by atoms with van der Waals surface area (Å²) in [4.78, 5) is 9.31. The van der Waals surface area contributed by atoms with E-state index in [1.54, 1.807) is 36.4 Å². The van der Waals surface area contributed by atoms with E-state index < -0.39 is 7.82 Å². The molecule has 23 heavy (non-hydrogen) atoms. The van der Waals surface area contributed by atoms with Crippen molar-refractivity contribution in [1.29, 1.82) is 0 Å². The number of para-hydroxylation sites is 1. The monoisotopic (exact) mass is 340 g/mol. The number of benzene rings is 2. The molecular weight excluding hydrogens is 319 g/mol. The van der Waals surface area contributed by atoms with E-state index in [0.717, 1.165) is 12.8 Å². The SMILES string of the molecule is CCCCOP(=O)(O)Oc1ccccc1.Oc1cccc(O)c1. The van der Waals surface area contributed by atoms with Crippen LogP contribution in [0.3, 0.4) is 0 Å². The van der Waals surface area contributed by atoms with Gasteiger partial charge in [0, 0.05) is 6.07 Å². The number of aromatic hydroxyl groups is 2. The van der Waals surface area contributed by atoms with Crippen molar-refractivity contribution in [3.05, 3.63) is 54.6 Å². The van der Waals surface area contributed by atoms with Gasteiger partial charge < -0.3 is 14.7 Å². The summed E-state index contributed by atoms with van der Waals surface area (Å²) in [6.45, 7) is 2.21. The normalized spacial score (nSPS) is 12.6. The standard InChI is InChI=1S/C10H15O4P.C6H6O2/c1-2-3-9-13-15(11,12)14-10-7-5-4-6-8-10;7-5-2-1-3-6(8)4-5/h4-8H,2-3,9H2,1H3,(H,11,12);1-4,7-8H. The first kappa shape index (κ1) is 19.0. The molecule has 3 N–H and O–H groups in total. The molecule has 2 rings (SSSR count). The van der Waals surface area contributed by atoms with Gasteiger partial charge in [0.15, 0.2) is 0 Å². The molecule has 0 aliphatic heterocycles. The van der Waals surface area contributed by atoms with Crippen LogP contribution < -0.4 is 4.52 Å². The molecule has 0 saturated carbocycles. The van der Waals surface area contributed by atoms with Crippen LogP contribution in [0.2, 0.25) is 0 Å². The average molecular weight is 340 g/mol. The zero-order valence-corrected chi connectivity index (χ0v) is 13.7. The Balaban J connectivity index is 0.000000277. The largest absolute Gasteiger partial charge is 0.527 e. The lowest BCUT2D eigenvalue weighted by atomic mass is 10.3. The predicted molar refractivity (Wildman–Crippen MR) is 87.5 cm³/mol. The van der Waals surface area contributed by atoms with Crippen LogP contribution in [0.25, 0.3) is 0 Å². The molecule has 2 aromatic rings. The van der Waals surface area contributed by atoms with E-state index in [-0.39, 0.29) is 18.1 Å². The Hall–Kier alpha value is -2.01. The Morgan fingerprint density at radius 3 is 2.09 bits per heavy atom. The first-order valence-electron chi connectivity index (χ1n) is 7.13. The van der Waals surface area contributed by atoms with E-state index in [9.17, 15) is 9.46 Å². The minimum Gasteiger partial charge on any atom is -0.508 e. The van der Waals surface area contributed by atoms with Gasteiger partial charge in [-0.25, -0.2) is 4.57 Å². The molecule has 0 fully saturated rings. The third-order valence-electron chi connectivity index (χ3n) is 2.55. The highest BCUT2D eigenvalue weighted by atomic mass is 31.2. The molecule has 0 spiro atoms. The molecule has 126 valence electrons. The molecule has 0 aliphatic rings. The summed E-state index contributed by atoms with van der Waals surface area (Å²) in [7, 11) is -3.94. The molecule has 0 aliphatic carbocycles. The molecule has 0 heterocycles. The Kier molecular flexibility index (Phi) is 8.19. The summed E-state index contributed by atoms with van der Waals surface area (Å²) in [5, 5.41) is 17.3. The maximum atomic E-state index is 11.4. The van der Waals surface area contributed by atoms with Crippen LogP contribution in [0.15, 0.2) is 54.6 Å². The summed E-state index contributed by atoms with van der Waals surface area (Å²) >= 11 is 0. The number of rotatable bonds is 6. The first-order valence-corrected chi connectivity index (χ1v) is 8.62. The fourth-order valence-electron chi connectivity index (χ4n) is 1.46. The molecule has 1 unspecified atom stereocenters. The Morgan fingerprint density at radius 2 is 1.61 bits per heavy atom. The molecule has 1 atom stereocenters. The topological polar surface area (TPSA) is 96.2 Å². The van der Waals surface area contributed by atoms with Gasteiger partial charge in [-0.1, -0.05) is 37.6 Å². The van der Waals surface area contributed by atoms with Crippen molar-refractivity contribution in [2.45, 2.75) is 19.8 Å². The Bertz CT molecular complexity index is 600. The van der Waals surface area contributed by atoms with Crippen molar-refractivity contribution in [1.82, 2.24) is 0 Å². The van der Waals surface area contributed by atoms with Gasteiger partial charge in [-0.15, -0.1) is 0 Å². The van der Waals surface area contributed by atoms with E-state index in [4.69, 9.17) is 19.3 Å². The second kappa shape index (κ2) is 9.90. The highest BCUT2D eigenvalue weighted by Crippen LogP contribution is 2.43. The molecule has 0 aromatic heterocycles. The molecule has 0 amide bonds. The predicted octanol–water partition coefficient (Wildman–Crippen LogP) is 4.08. The third-order valence-corrected chi connectivity index (χ3v) is 3.50. The minimum absolute atomic E-state index is 0.0880. The van der Waals surface area contributed by atoms with Crippen LogP contribution in [-0.4, -0.2) is 21.7 Å². The molecule has 7 heteroatoms. The lowest BCUT2D eigenvalue weighted by molar-refractivity contribution is 0.201. The van der Waals surface area contributed by atoms with Crippen molar-refractivity contribution >= 4 is 7.82 Å². The van der Waals surface area contributed by atoms with Gasteiger partial charge in [0.1, 0.15) is 17.2 Å². The summed E-state index contributed by atoms with van der Waals surface area (Å²) in [5.74, 6) is 0.509. The number of hydrogen-bond donors (Lipinski definition) is 3. The van der Waals surface area contributed by atoms with Crippen LogP contribution >= 0.6 is 7.82 Å². The number of phenols is 2. The average Bonchev–Trinajstić information content (AvgIpc) is 2.48. The van der Waals surface area contributed by atoms with Gasteiger partial charge in [0.25, 0.3) is 0 Å².